The third-order valence-corrected chi connectivity index (χ3v) is 4.98. The summed E-state index contributed by atoms with van der Waals surface area (Å²) in [4.78, 5) is 0. The van der Waals surface area contributed by atoms with Crippen LogP contribution >= 0.6 is 0 Å². The topological polar surface area (TPSA) is 27.7 Å². The molecule has 0 saturated carbocycles. The Morgan fingerprint density at radius 3 is 1.93 bits per heavy atom. The van der Waals surface area contributed by atoms with Crippen molar-refractivity contribution >= 4 is 8.80 Å². The van der Waals surface area contributed by atoms with E-state index >= 15 is 0 Å². The quantitative estimate of drug-likeness (QED) is 0.452. The molecule has 0 rings (SSSR count). The van der Waals surface area contributed by atoms with Gasteiger partial charge in [0.25, 0.3) is 0 Å². The van der Waals surface area contributed by atoms with Crippen LogP contribution in [-0.2, 0) is 13.3 Å². The number of hydrogen-bond donors (Lipinski definition) is 0. The second-order valence-electron chi connectivity index (χ2n) is 3.54. The highest BCUT2D eigenvalue weighted by Gasteiger charge is 2.39. The Labute approximate surface area is 94.8 Å². The molecule has 0 amide bonds. The number of hydrogen-bond acceptors (Lipinski definition) is 3. The molecule has 0 aromatic heterocycles. The average molecular weight is 232 g/mol. The van der Waals surface area contributed by atoms with E-state index in [0.717, 1.165) is 18.0 Å². The molecule has 0 aliphatic carbocycles. The molecular formula is C11H24O3Si. The van der Waals surface area contributed by atoms with Crippen molar-refractivity contribution in [3.63, 3.8) is 0 Å². The molecule has 90 valence electrons. The second-order valence-corrected chi connectivity index (χ2v) is 6.28. The molecule has 0 aromatic carbocycles. The van der Waals surface area contributed by atoms with E-state index < -0.39 is 8.80 Å². The largest absolute Gasteiger partial charge is 0.501 e. The summed E-state index contributed by atoms with van der Waals surface area (Å²) < 4.78 is 17.2. The maximum absolute atomic E-state index is 5.81. The first-order valence-corrected chi connectivity index (χ1v) is 7.59. The Hall–Kier alpha value is -0.163. The lowest BCUT2D eigenvalue weighted by atomic mass is 10.4. The Morgan fingerprint density at radius 1 is 1.07 bits per heavy atom. The van der Waals surface area contributed by atoms with Crippen molar-refractivity contribution in [1.29, 1.82) is 0 Å². The molecule has 15 heavy (non-hydrogen) atoms. The van der Waals surface area contributed by atoms with Crippen LogP contribution in [0.25, 0.3) is 0 Å². The van der Waals surface area contributed by atoms with Crippen LogP contribution < -0.4 is 0 Å². The molecular weight excluding hydrogens is 208 g/mol. The molecule has 0 atom stereocenters. The Bertz CT molecular complexity index is 166. The minimum Gasteiger partial charge on any atom is -0.374 e. The van der Waals surface area contributed by atoms with Gasteiger partial charge in [0, 0.05) is 19.3 Å². The van der Waals surface area contributed by atoms with Gasteiger partial charge in [0.15, 0.2) is 0 Å². The van der Waals surface area contributed by atoms with Crippen molar-refractivity contribution in [3.8, 4) is 0 Å². The predicted molar refractivity (Wildman–Crippen MR) is 64.9 cm³/mol. The van der Waals surface area contributed by atoms with E-state index in [1.54, 1.807) is 0 Å². The maximum Gasteiger partial charge on any atom is 0.501 e. The zero-order chi connectivity index (χ0) is 11.7. The Morgan fingerprint density at radius 2 is 1.60 bits per heavy atom. The van der Waals surface area contributed by atoms with Crippen molar-refractivity contribution in [2.75, 3.05) is 19.8 Å². The van der Waals surface area contributed by atoms with Gasteiger partial charge in [-0.2, -0.15) is 0 Å². The van der Waals surface area contributed by atoms with E-state index in [-0.39, 0.29) is 0 Å². The van der Waals surface area contributed by atoms with Crippen molar-refractivity contribution < 1.29 is 13.3 Å². The van der Waals surface area contributed by atoms with Crippen molar-refractivity contribution in [2.24, 2.45) is 0 Å². The first-order valence-electron chi connectivity index (χ1n) is 5.66. The highest BCUT2D eigenvalue weighted by Crippen LogP contribution is 2.18. The van der Waals surface area contributed by atoms with Gasteiger partial charge in [0.1, 0.15) is 0 Å². The minimum atomic E-state index is -2.42. The van der Waals surface area contributed by atoms with Crippen LogP contribution in [0.4, 0.5) is 0 Å². The van der Waals surface area contributed by atoms with E-state index in [1.807, 2.05) is 20.8 Å². The van der Waals surface area contributed by atoms with Crippen LogP contribution in [0, 0.1) is 0 Å². The van der Waals surface area contributed by atoms with Gasteiger partial charge in [-0.25, -0.2) is 0 Å². The lowest BCUT2D eigenvalue weighted by Crippen LogP contribution is -2.46. The highest BCUT2D eigenvalue weighted by molar-refractivity contribution is 6.60. The molecule has 0 fully saturated rings. The third-order valence-electron chi connectivity index (χ3n) is 1.82. The molecule has 0 radical (unpaired) electrons. The van der Waals surface area contributed by atoms with Gasteiger partial charge in [-0.05, 0) is 20.8 Å². The molecule has 0 aliphatic rings. The van der Waals surface area contributed by atoms with E-state index in [1.165, 1.54) is 0 Å². The summed E-state index contributed by atoms with van der Waals surface area (Å²) in [6, 6.07) is 0.877. The van der Waals surface area contributed by atoms with Gasteiger partial charge in [-0.1, -0.05) is 25.5 Å². The normalized spacial score (nSPS) is 11.7. The van der Waals surface area contributed by atoms with Crippen molar-refractivity contribution in [1.82, 2.24) is 0 Å². The standard InChI is InChI=1S/C11H24O3Si/c1-6-9-15(12-7-2,13-8-3)14-10-11(4)5/h4,6-10H2,1-3,5H3. The van der Waals surface area contributed by atoms with Crippen molar-refractivity contribution in [2.45, 2.75) is 40.2 Å². The fraction of sp³-hybridized carbons (Fsp3) is 0.818. The van der Waals surface area contributed by atoms with Gasteiger partial charge in [-0.15, -0.1) is 0 Å². The van der Waals surface area contributed by atoms with Crippen LogP contribution in [0.15, 0.2) is 12.2 Å². The van der Waals surface area contributed by atoms with Crippen molar-refractivity contribution in [3.05, 3.63) is 12.2 Å². The molecule has 0 spiro atoms. The summed E-state index contributed by atoms with van der Waals surface area (Å²) >= 11 is 0. The average Bonchev–Trinajstić information content (AvgIpc) is 2.16. The van der Waals surface area contributed by atoms with E-state index in [2.05, 4.69) is 13.5 Å². The maximum atomic E-state index is 5.81. The van der Waals surface area contributed by atoms with Gasteiger partial charge < -0.3 is 13.3 Å². The molecule has 0 bridgehead atoms. The highest BCUT2D eigenvalue weighted by atomic mass is 28.4. The molecule has 4 heteroatoms. The summed E-state index contributed by atoms with van der Waals surface area (Å²) in [7, 11) is -2.42. The van der Waals surface area contributed by atoms with E-state index in [9.17, 15) is 0 Å². The Kier molecular flexibility index (Phi) is 7.96. The van der Waals surface area contributed by atoms with Crippen LogP contribution in [0.3, 0.4) is 0 Å². The molecule has 0 N–H and O–H groups in total. The minimum absolute atomic E-state index is 0.534. The van der Waals surface area contributed by atoms with Gasteiger partial charge >= 0.3 is 8.80 Å². The van der Waals surface area contributed by atoms with Crippen LogP contribution in [0.1, 0.15) is 34.1 Å². The molecule has 0 heterocycles. The van der Waals surface area contributed by atoms with E-state index in [0.29, 0.717) is 19.8 Å². The van der Waals surface area contributed by atoms with Crippen LogP contribution in [-0.4, -0.2) is 28.6 Å². The van der Waals surface area contributed by atoms with E-state index in [4.69, 9.17) is 13.3 Å². The van der Waals surface area contributed by atoms with Gasteiger partial charge in [-0.3, -0.25) is 0 Å². The van der Waals surface area contributed by atoms with Gasteiger partial charge in [0.05, 0.1) is 6.61 Å². The molecule has 0 aliphatic heterocycles. The summed E-state index contributed by atoms with van der Waals surface area (Å²) in [5.74, 6) is 0. The Balaban J connectivity index is 4.37. The fourth-order valence-electron chi connectivity index (χ4n) is 1.32. The third kappa shape index (κ3) is 6.09. The molecule has 0 aromatic rings. The lowest BCUT2D eigenvalue weighted by molar-refractivity contribution is 0.0740. The second kappa shape index (κ2) is 8.04. The van der Waals surface area contributed by atoms with Crippen LogP contribution in [0.2, 0.25) is 6.04 Å². The molecule has 0 unspecified atom stereocenters. The fourth-order valence-corrected chi connectivity index (χ4v) is 3.96. The monoisotopic (exact) mass is 232 g/mol. The summed E-state index contributed by atoms with van der Waals surface area (Å²) in [5.41, 5.74) is 1.00. The summed E-state index contributed by atoms with van der Waals surface area (Å²) in [5, 5.41) is 0. The van der Waals surface area contributed by atoms with Gasteiger partial charge in [0.2, 0.25) is 0 Å². The summed E-state index contributed by atoms with van der Waals surface area (Å²) in [6.45, 7) is 13.6. The summed E-state index contributed by atoms with van der Waals surface area (Å²) in [6.07, 6.45) is 1.02. The first kappa shape index (κ1) is 14.8. The SMILES string of the molecule is C=C(C)CO[Si](CCC)(OCC)OCC. The number of rotatable bonds is 9. The lowest BCUT2D eigenvalue weighted by Gasteiger charge is -2.28. The molecule has 0 saturated heterocycles. The zero-order valence-electron chi connectivity index (χ0n) is 10.5. The molecule has 3 nitrogen and oxygen atoms in total. The predicted octanol–water partition coefficient (Wildman–Crippen LogP) is 3.00. The first-order chi connectivity index (χ1) is 7.10. The smallest absolute Gasteiger partial charge is 0.374 e. The zero-order valence-corrected chi connectivity index (χ0v) is 11.5. The van der Waals surface area contributed by atoms with Crippen LogP contribution in [0.5, 0.6) is 0 Å².